The average molecular weight is 268 g/mol. The number of nitrogens with zero attached hydrogens (tertiary/aromatic N) is 1. The molecule has 1 rings (SSSR count). The molecule has 1 nitrogen and oxygen atoms in total. The Bertz CT molecular complexity index is 213. The van der Waals surface area contributed by atoms with Crippen LogP contribution in [0, 0.1) is 0 Å². The Labute approximate surface area is 116 Å². The van der Waals surface area contributed by atoms with Gasteiger partial charge in [-0.3, -0.25) is 0 Å². The van der Waals surface area contributed by atoms with E-state index < -0.39 is 8.07 Å². The van der Waals surface area contributed by atoms with Gasteiger partial charge in [-0.15, -0.1) is 6.58 Å². The molecule has 0 aromatic heterocycles. The van der Waals surface area contributed by atoms with E-state index in [2.05, 4.69) is 31.4 Å². The van der Waals surface area contributed by atoms with Gasteiger partial charge < -0.3 is 4.90 Å². The fourth-order valence-electron chi connectivity index (χ4n) is 3.69. The van der Waals surface area contributed by atoms with Crippen LogP contribution in [0.15, 0.2) is 12.7 Å². The van der Waals surface area contributed by atoms with Crippen molar-refractivity contribution < 1.29 is 0 Å². The standard InChI is InChI=1S/C16H33NSi/c1-4-13-18(14-5-2,15-6-3)16-17-11-9-7-8-10-12-17/h4H,1,5-16H2,2-3H3. The molecule has 0 aliphatic carbocycles. The molecule has 0 spiro atoms. The van der Waals surface area contributed by atoms with Gasteiger partial charge in [-0.25, -0.2) is 0 Å². The first-order valence-corrected chi connectivity index (χ1v) is 10.9. The Kier molecular flexibility index (Phi) is 7.92. The molecule has 1 aliphatic rings. The molecule has 106 valence electrons. The number of likely N-dealkylation sites (tertiary alicyclic amines) is 1. The third kappa shape index (κ3) is 5.27. The van der Waals surface area contributed by atoms with E-state index >= 15 is 0 Å². The summed E-state index contributed by atoms with van der Waals surface area (Å²) in [5, 5.41) is 0. The summed E-state index contributed by atoms with van der Waals surface area (Å²) in [5.74, 6) is 0. The minimum Gasteiger partial charge on any atom is -0.306 e. The molecule has 0 aromatic carbocycles. The number of rotatable bonds is 8. The molecule has 0 atom stereocenters. The van der Waals surface area contributed by atoms with Crippen LogP contribution in [0.3, 0.4) is 0 Å². The highest BCUT2D eigenvalue weighted by Crippen LogP contribution is 2.27. The van der Waals surface area contributed by atoms with Gasteiger partial charge in [0.05, 0.1) is 8.07 Å². The van der Waals surface area contributed by atoms with Gasteiger partial charge in [-0.1, -0.05) is 57.7 Å². The third-order valence-electron chi connectivity index (χ3n) is 4.40. The van der Waals surface area contributed by atoms with E-state index in [1.165, 1.54) is 75.9 Å². The summed E-state index contributed by atoms with van der Waals surface area (Å²) in [4.78, 5) is 2.80. The summed E-state index contributed by atoms with van der Waals surface area (Å²) in [6.45, 7) is 11.5. The van der Waals surface area contributed by atoms with Crippen molar-refractivity contribution >= 4 is 8.07 Å². The Balaban J connectivity index is 2.63. The van der Waals surface area contributed by atoms with Gasteiger partial charge in [-0.2, -0.15) is 0 Å². The molecular weight excluding hydrogens is 234 g/mol. The molecule has 1 aliphatic heterocycles. The van der Waals surface area contributed by atoms with Crippen LogP contribution in [0.1, 0.15) is 52.4 Å². The van der Waals surface area contributed by atoms with E-state index in [1.54, 1.807) is 0 Å². The highest BCUT2D eigenvalue weighted by molar-refractivity contribution is 6.80. The second kappa shape index (κ2) is 8.92. The fraction of sp³-hybridized carbons (Fsp3) is 0.875. The lowest BCUT2D eigenvalue weighted by Gasteiger charge is -2.36. The van der Waals surface area contributed by atoms with Crippen LogP contribution in [-0.2, 0) is 0 Å². The molecule has 1 heterocycles. The first-order valence-electron chi connectivity index (χ1n) is 8.09. The van der Waals surface area contributed by atoms with Crippen molar-refractivity contribution in [3.8, 4) is 0 Å². The van der Waals surface area contributed by atoms with Crippen molar-refractivity contribution in [1.82, 2.24) is 4.90 Å². The zero-order valence-electron chi connectivity index (χ0n) is 12.7. The van der Waals surface area contributed by atoms with Crippen LogP contribution in [-0.4, -0.2) is 32.2 Å². The predicted octanol–water partition coefficient (Wildman–Crippen LogP) is 4.86. The molecule has 0 radical (unpaired) electrons. The quantitative estimate of drug-likeness (QED) is 0.448. The van der Waals surface area contributed by atoms with Crippen molar-refractivity contribution in [2.24, 2.45) is 0 Å². The van der Waals surface area contributed by atoms with Crippen LogP contribution in [0.2, 0.25) is 18.1 Å². The maximum atomic E-state index is 4.04. The zero-order valence-corrected chi connectivity index (χ0v) is 13.7. The largest absolute Gasteiger partial charge is 0.306 e. The van der Waals surface area contributed by atoms with Crippen molar-refractivity contribution in [1.29, 1.82) is 0 Å². The lowest BCUT2D eigenvalue weighted by Crippen LogP contribution is -2.47. The Hall–Kier alpha value is -0.0831. The van der Waals surface area contributed by atoms with Gasteiger partial charge in [0.2, 0.25) is 0 Å². The molecule has 1 fully saturated rings. The molecule has 0 saturated carbocycles. The van der Waals surface area contributed by atoms with Gasteiger partial charge in [-0.05, 0) is 38.1 Å². The number of allylic oxidation sites excluding steroid dienone is 1. The van der Waals surface area contributed by atoms with Crippen molar-refractivity contribution in [3.63, 3.8) is 0 Å². The second-order valence-corrected chi connectivity index (χ2v) is 10.9. The van der Waals surface area contributed by atoms with Gasteiger partial charge in [0.25, 0.3) is 0 Å². The summed E-state index contributed by atoms with van der Waals surface area (Å²) < 4.78 is 0. The Morgan fingerprint density at radius 1 is 1.00 bits per heavy atom. The minimum atomic E-state index is -1.10. The molecule has 0 bridgehead atoms. The minimum absolute atomic E-state index is 1.10. The van der Waals surface area contributed by atoms with Crippen LogP contribution >= 0.6 is 0 Å². The normalized spacial score (nSPS) is 18.6. The van der Waals surface area contributed by atoms with Crippen LogP contribution in [0.25, 0.3) is 0 Å². The zero-order chi connectivity index (χ0) is 13.3. The maximum absolute atomic E-state index is 4.04. The fourth-order valence-corrected chi connectivity index (χ4v) is 8.79. The summed E-state index contributed by atoms with van der Waals surface area (Å²) in [6.07, 6.45) is 12.2. The van der Waals surface area contributed by atoms with E-state index in [4.69, 9.17) is 0 Å². The van der Waals surface area contributed by atoms with Crippen molar-refractivity contribution in [3.05, 3.63) is 12.7 Å². The molecule has 0 amide bonds. The van der Waals surface area contributed by atoms with E-state index in [0.717, 1.165) is 0 Å². The van der Waals surface area contributed by atoms with Gasteiger partial charge >= 0.3 is 0 Å². The van der Waals surface area contributed by atoms with E-state index in [9.17, 15) is 0 Å². The molecule has 1 saturated heterocycles. The lowest BCUT2D eigenvalue weighted by atomic mass is 10.2. The molecule has 18 heavy (non-hydrogen) atoms. The number of hydrogen-bond donors (Lipinski definition) is 0. The molecule has 2 heteroatoms. The van der Waals surface area contributed by atoms with Gasteiger partial charge in [0.1, 0.15) is 0 Å². The Morgan fingerprint density at radius 2 is 1.56 bits per heavy atom. The van der Waals surface area contributed by atoms with Crippen molar-refractivity contribution in [2.45, 2.75) is 70.5 Å². The topological polar surface area (TPSA) is 3.24 Å². The molecule has 0 N–H and O–H groups in total. The summed E-state index contributed by atoms with van der Waals surface area (Å²) in [6, 6.07) is 4.35. The second-order valence-electron chi connectivity index (χ2n) is 6.18. The SMILES string of the molecule is C=CC[Si](CCC)(CCC)CN1CCCCCC1. The summed E-state index contributed by atoms with van der Waals surface area (Å²) >= 11 is 0. The third-order valence-corrected chi connectivity index (χ3v) is 9.79. The summed E-state index contributed by atoms with van der Waals surface area (Å²) in [7, 11) is -1.10. The van der Waals surface area contributed by atoms with E-state index in [-0.39, 0.29) is 0 Å². The van der Waals surface area contributed by atoms with Crippen LogP contribution in [0.5, 0.6) is 0 Å². The predicted molar refractivity (Wildman–Crippen MR) is 85.9 cm³/mol. The van der Waals surface area contributed by atoms with Gasteiger partial charge in [0.15, 0.2) is 0 Å². The highest BCUT2D eigenvalue weighted by Gasteiger charge is 2.31. The first kappa shape index (κ1) is 16.0. The first-order chi connectivity index (χ1) is 8.76. The van der Waals surface area contributed by atoms with E-state index in [1.807, 2.05) is 0 Å². The van der Waals surface area contributed by atoms with Crippen LogP contribution in [0.4, 0.5) is 0 Å². The molecule has 0 aromatic rings. The monoisotopic (exact) mass is 267 g/mol. The maximum Gasteiger partial charge on any atom is 0.0727 e. The van der Waals surface area contributed by atoms with Crippen molar-refractivity contribution in [2.75, 3.05) is 19.3 Å². The smallest absolute Gasteiger partial charge is 0.0727 e. The molecule has 0 unspecified atom stereocenters. The lowest BCUT2D eigenvalue weighted by molar-refractivity contribution is 0.323. The number of hydrogen-bond acceptors (Lipinski definition) is 1. The Morgan fingerprint density at radius 3 is 2.00 bits per heavy atom. The van der Waals surface area contributed by atoms with Crippen LogP contribution < -0.4 is 0 Å². The molecular formula is C16H33NSi. The average Bonchev–Trinajstić information content (AvgIpc) is 2.58. The summed E-state index contributed by atoms with van der Waals surface area (Å²) in [5.41, 5.74) is 0. The van der Waals surface area contributed by atoms with Gasteiger partial charge in [0, 0.05) is 0 Å². The van der Waals surface area contributed by atoms with E-state index in [0.29, 0.717) is 0 Å². The highest BCUT2D eigenvalue weighted by atomic mass is 28.3.